The molecule has 0 aliphatic rings. The Kier molecular flexibility index (Phi) is 7.22. The molecule has 0 bridgehead atoms. The summed E-state index contributed by atoms with van der Waals surface area (Å²) in [6.07, 6.45) is 10.3. The fraction of sp³-hybridized carbons (Fsp3) is 0.533. The third-order valence-corrected chi connectivity index (χ3v) is 5.35. The van der Waals surface area contributed by atoms with Gasteiger partial charge in [-0.15, -0.1) is 0 Å². The van der Waals surface area contributed by atoms with Gasteiger partial charge in [-0.2, -0.15) is 0 Å². The van der Waals surface area contributed by atoms with E-state index >= 15 is 0 Å². The molecule has 127 valence electrons. The molecule has 9 heteroatoms. The number of aliphatic imine (C=N–C) groups is 1. The number of rotatable bonds is 8. The molecule has 0 amide bonds. The van der Waals surface area contributed by atoms with Gasteiger partial charge in [0.15, 0.2) is 14.1 Å². The van der Waals surface area contributed by atoms with Crippen LogP contribution in [0, 0.1) is 13.8 Å². The Balaban J connectivity index is 0.00000208. The van der Waals surface area contributed by atoms with Crippen LogP contribution in [0.4, 0.5) is 0 Å². The van der Waals surface area contributed by atoms with Gasteiger partial charge >= 0.3 is 0 Å². The minimum absolute atomic E-state index is 0. The van der Waals surface area contributed by atoms with Crippen LogP contribution in [0.3, 0.4) is 0 Å². The Morgan fingerprint density at radius 3 is 2.83 bits per heavy atom. The summed E-state index contributed by atoms with van der Waals surface area (Å²) in [4.78, 5) is 12.7. The first kappa shape index (κ1) is 18.9. The van der Waals surface area contributed by atoms with Crippen molar-refractivity contribution in [1.29, 1.82) is 0 Å². The second kappa shape index (κ2) is 9.16. The first-order valence-electron chi connectivity index (χ1n) is 7.90. The Morgan fingerprint density at radius 1 is 1.25 bits per heavy atom. The van der Waals surface area contributed by atoms with Gasteiger partial charge in [-0.1, -0.05) is 6.42 Å². The van der Waals surface area contributed by atoms with E-state index in [1.165, 1.54) is 18.0 Å². The summed E-state index contributed by atoms with van der Waals surface area (Å²) in [6.45, 7) is 5.61. The predicted octanol–water partition coefficient (Wildman–Crippen LogP) is 2.44. The molecule has 0 saturated carbocycles. The number of hydrogen-bond donors (Lipinski definition) is 0. The van der Waals surface area contributed by atoms with E-state index in [4.69, 9.17) is 4.30 Å². The molecule has 0 aromatic carbocycles. The number of aryl methyl sites for hydroxylation is 3. The van der Waals surface area contributed by atoms with Crippen molar-refractivity contribution >= 4 is 18.9 Å². The van der Waals surface area contributed by atoms with E-state index in [1.807, 2.05) is 24.8 Å². The van der Waals surface area contributed by atoms with E-state index in [2.05, 4.69) is 31.4 Å². The molecular weight excluding hydrogens is 362 g/mol. The summed E-state index contributed by atoms with van der Waals surface area (Å²) in [5.41, 5.74) is 1.10. The topological polar surface area (TPSA) is 82.2 Å². The van der Waals surface area contributed by atoms with Gasteiger partial charge in [-0.3, -0.25) is 9.98 Å². The average Bonchev–Trinajstić information content (AvgIpc) is 3.21. The van der Waals surface area contributed by atoms with Crippen molar-refractivity contribution in [2.75, 3.05) is 6.54 Å². The van der Waals surface area contributed by atoms with E-state index in [1.54, 1.807) is 6.21 Å². The van der Waals surface area contributed by atoms with Crippen molar-refractivity contribution in [3.8, 4) is 0 Å². The van der Waals surface area contributed by atoms with E-state index in [0.29, 0.717) is 11.6 Å². The van der Waals surface area contributed by atoms with Crippen LogP contribution in [-0.2, 0) is 25.1 Å². The molecule has 0 fully saturated rings. The molecule has 1 unspecified atom stereocenters. The molecule has 0 N–H and O–H groups in total. The largest absolute Gasteiger partial charge is 0.361 e. The second-order valence-corrected chi connectivity index (χ2v) is 7.46. The third kappa shape index (κ3) is 5.03. The zero-order valence-corrected chi connectivity index (χ0v) is 16.3. The summed E-state index contributed by atoms with van der Waals surface area (Å²) in [6, 6.07) is 0. The Labute approximate surface area is 154 Å². The van der Waals surface area contributed by atoms with Crippen molar-refractivity contribution in [2.45, 2.75) is 46.1 Å². The van der Waals surface area contributed by atoms with Gasteiger partial charge < -0.3 is 15.2 Å². The summed E-state index contributed by atoms with van der Waals surface area (Å²) in [5, 5.41) is 8.96. The smallest absolute Gasteiger partial charge is 0.232 e. The quantitative estimate of drug-likeness (QED) is 0.339. The normalized spacial score (nSPS) is 12.2. The van der Waals surface area contributed by atoms with Gasteiger partial charge in [0.05, 0.1) is 0 Å². The van der Waals surface area contributed by atoms with Gasteiger partial charge in [0.25, 0.3) is 0 Å². The zero-order chi connectivity index (χ0) is 16.1. The van der Waals surface area contributed by atoms with Crippen molar-refractivity contribution in [2.24, 2.45) is 4.99 Å². The van der Waals surface area contributed by atoms with Crippen molar-refractivity contribution < 1.29 is 27.6 Å². The minimum atomic E-state index is -0.601. The number of fused-ring (bicyclic) bond motifs is 1. The number of aromatic nitrogens is 5. The molecule has 3 aromatic heterocycles. The Bertz CT molecular complexity index is 793. The monoisotopic (exact) mass is 383 g/mol. The SMILES string of the molecule is Cc1nnc(C=NCCCCCC[n+]2cc3cnc(C)p3o2)[n-]1.[V]. The number of hydrogen-bond acceptors (Lipinski definition) is 5. The minimum Gasteiger partial charge on any atom is -0.361 e. The van der Waals surface area contributed by atoms with Gasteiger partial charge in [0.1, 0.15) is 10.5 Å². The Hall–Kier alpha value is -1.43. The van der Waals surface area contributed by atoms with Crippen LogP contribution in [0.2, 0.25) is 0 Å². The van der Waals surface area contributed by atoms with Crippen LogP contribution < -0.4 is 9.72 Å². The Morgan fingerprint density at radius 2 is 2.08 bits per heavy atom. The van der Waals surface area contributed by atoms with Crippen molar-refractivity contribution in [1.82, 2.24) is 20.2 Å². The molecule has 0 spiro atoms. The van der Waals surface area contributed by atoms with E-state index in [-0.39, 0.29) is 18.6 Å². The maximum Gasteiger partial charge on any atom is 0.232 e. The summed E-state index contributed by atoms with van der Waals surface area (Å²) in [5.74, 6) is 1.29. The zero-order valence-electron chi connectivity index (χ0n) is 14.0. The van der Waals surface area contributed by atoms with Gasteiger partial charge in [-0.25, -0.2) is 4.30 Å². The number of nitrogens with zero attached hydrogens (tertiary/aromatic N) is 6. The predicted molar refractivity (Wildman–Crippen MR) is 88.1 cm³/mol. The van der Waals surface area contributed by atoms with E-state index in [0.717, 1.165) is 31.4 Å². The van der Waals surface area contributed by atoms with Crippen LogP contribution in [0.5, 0.6) is 0 Å². The van der Waals surface area contributed by atoms with Gasteiger partial charge in [-0.05, 0) is 37.3 Å². The van der Waals surface area contributed by atoms with Crippen LogP contribution in [0.1, 0.15) is 42.8 Å². The van der Waals surface area contributed by atoms with Gasteiger partial charge in [0.2, 0.25) is 6.20 Å². The third-order valence-electron chi connectivity index (χ3n) is 3.57. The van der Waals surface area contributed by atoms with Crippen LogP contribution in [0.15, 0.2) is 21.7 Å². The van der Waals surface area contributed by atoms with Crippen molar-refractivity contribution in [3.63, 3.8) is 0 Å². The molecule has 0 aliphatic carbocycles. The second-order valence-electron chi connectivity index (χ2n) is 5.54. The first-order valence-corrected chi connectivity index (χ1v) is 9.16. The maximum atomic E-state index is 5.89. The fourth-order valence-corrected chi connectivity index (χ4v) is 3.87. The summed E-state index contributed by atoms with van der Waals surface area (Å²) >= 11 is 0. The molecule has 1 atom stereocenters. The van der Waals surface area contributed by atoms with Crippen LogP contribution in [0.25, 0.3) is 5.12 Å². The molecule has 3 heterocycles. The first-order chi connectivity index (χ1) is 11.2. The average molecular weight is 383 g/mol. The molecule has 7 nitrogen and oxygen atoms in total. The van der Waals surface area contributed by atoms with E-state index < -0.39 is 7.58 Å². The molecular formula is C15H21N6OPV. The van der Waals surface area contributed by atoms with E-state index in [9.17, 15) is 0 Å². The number of unbranched alkanes of at least 4 members (excludes halogenated alkanes) is 3. The van der Waals surface area contributed by atoms with Gasteiger partial charge in [0, 0.05) is 49.8 Å². The summed E-state index contributed by atoms with van der Waals surface area (Å²) < 4.78 is 7.86. The molecule has 24 heavy (non-hydrogen) atoms. The standard InChI is InChI=1S/C15H21N6OP.V/c1-12-18-15(20-19-12)10-16-7-5-3-4-6-8-21-11-14-9-17-13(2)23(14)22-21;/h9-11H,3-8H2,1-2H3;. The molecule has 3 aromatic rings. The molecule has 0 aliphatic heterocycles. The van der Waals surface area contributed by atoms with Crippen LogP contribution >= 0.6 is 7.58 Å². The van der Waals surface area contributed by atoms with Crippen LogP contribution in [-0.4, -0.2) is 27.9 Å². The molecule has 3 rings (SSSR count). The van der Waals surface area contributed by atoms with Crippen molar-refractivity contribution in [3.05, 3.63) is 29.5 Å². The summed E-state index contributed by atoms with van der Waals surface area (Å²) in [7, 11) is -0.601. The fourth-order valence-electron chi connectivity index (χ4n) is 2.38. The maximum absolute atomic E-state index is 5.89. The molecule has 1 radical (unpaired) electrons. The molecule has 0 saturated heterocycles.